The highest BCUT2D eigenvalue weighted by molar-refractivity contribution is 5.81. The van der Waals surface area contributed by atoms with E-state index in [1.807, 2.05) is 23.0 Å². The zero-order chi connectivity index (χ0) is 23.4. The Morgan fingerprint density at radius 3 is 2.85 bits per heavy atom. The standard InChI is InChI=1S/C26H37N7.H2/c1-6-19(4)20(5)30-26-27-12-11-25(31-26)33-17-29-23-14-21(9-10-24(23)33)28-15-22-8-7-13-32(22)16-18(2)3;/h6,9-12,14,17-20,22,28H,1,7-8,13,15-16H2,2-5H3,(H,27,30,31);1H/t19?,20-,22?;/m0./s1. The van der Waals surface area contributed by atoms with Crippen molar-refractivity contribution in [1.82, 2.24) is 24.4 Å². The number of rotatable bonds is 10. The van der Waals surface area contributed by atoms with Crippen LogP contribution in [0.25, 0.3) is 16.9 Å². The number of hydrogen-bond acceptors (Lipinski definition) is 6. The van der Waals surface area contributed by atoms with Crippen molar-refractivity contribution in [3.8, 4) is 5.82 Å². The molecule has 1 saturated heterocycles. The molecule has 0 aliphatic carbocycles. The smallest absolute Gasteiger partial charge is 0.224 e. The molecule has 3 atom stereocenters. The van der Waals surface area contributed by atoms with Gasteiger partial charge >= 0.3 is 0 Å². The average molecular weight is 450 g/mol. The predicted octanol–water partition coefficient (Wildman–Crippen LogP) is 5.22. The first-order chi connectivity index (χ1) is 15.9. The van der Waals surface area contributed by atoms with Gasteiger partial charge in [-0.1, -0.05) is 26.8 Å². The molecule has 2 N–H and O–H groups in total. The summed E-state index contributed by atoms with van der Waals surface area (Å²) < 4.78 is 2.01. The van der Waals surface area contributed by atoms with Crippen LogP contribution in [0.5, 0.6) is 0 Å². The largest absolute Gasteiger partial charge is 0.383 e. The summed E-state index contributed by atoms with van der Waals surface area (Å²) >= 11 is 0. The van der Waals surface area contributed by atoms with E-state index in [4.69, 9.17) is 4.98 Å². The maximum atomic E-state index is 4.71. The normalized spacial score (nSPS) is 18.5. The van der Waals surface area contributed by atoms with Gasteiger partial charge in [0, 0.05) is 38.5 Å². The molecule has 1 aromatic carbocycles. The van der Waals surface area contributed by atoms with Gasteiger partial charge in [0.05, 0.1) is 11.0 Å². The maximum Gasteiger partial charge on any atom is 0.224 e. The van der Waals surface area contributed by atoms with Crippen molar-refractivity contribution in [2.45, 2.75) is 52.6 Å². The fourth-order valence-electron chi connectivity index (χ4n) is 4.47. The SMILES string of the molecule is C=CC(C)[C@H](C)Nc1nccc(-n2cnc3cc(NCC4CCCN4CC(C)C)ccc32)n1.[HH]. The van der Waals surface area contributed by atoms with E-state index >= 15 is 0 Å². The summed E-state index contributed by atoms with van der Waals surface area (Å²) in [6.07, 6.45) is 8.11. The fourth-order valence-corrected chi connectivity index (χ4v) is 4.47. The van der Waals surface area contributed by atoms with E-state index in [9.17, 15) is 0 Å². The molecule has 7 heteroatoms. The minimum atomic E-state index is 0. The molecule has 0 bridgehead atoms. The lowest BCUT2D eigenvalue weighted by Crippen LogP contribution is -2.37. The zero-order valence-corrected chi connectivity index (χ0v) is 20.3. The topological polar surface area (TPSA) is 70.9 Å². The van der Waals surface area contributed by atoms with Gasteiger partial charge in [-0.15, -0.1) is 6.58 Å². The second-order valence-electron chi connectivity index (χ2n) is 9.65. The summed E-state index contributed by atoms with van der Waals surface area (Å²) in [5.74, 6) is 2.43. The number of hydrogen-bond donors (Lipinski definition) is 2. The van der Waals surface area contributed by atoms with Crippen LogP contribution in [0.15, 0.2) is 49.4 Å². The Morgan fingerprint density at radius 1 is 1.21 bits per heavy atom. The lowest BCUT2D eigenvalue weighted by atomic mass is 10.0. The van der Waals surface area contributed by atoms with Gasteiger partial charge in [0.2, 0.25) is 5.95 Å². The number of nitrogens with zero attached hydrogens (tertiary/aromatic N) is 5. The lowest BCUT2D eigenvalue weighted by Gasteiger charge is -2.26. The monoisotopic (exact) mass is 449 g/mol. The van der Waals surface area contributed by atoms with Gasteiger partial charge in [0.15, 0.2) is 0 Å². The minimum absolute atomic E-state index is 0. The zero-order valence-electron chi connectivity index (χ0n) is 20.3. The molecule has 0 spiro atoms. The second kappa shape index (κ2) is 10.3. The average Bonchev–Trinajstić information content (AvgIpc) is 3.43. The summed E-state index contributed by atoms with van der Waals surface area (Å²) in [4.78, 5) is 16.4. The Hall–Kier alpha value is -2.93. The van der Waals surface area contributed by atoms with E-state index in [0.29, 0.717) is 23.8 Å². The first-order valence-electron chi connectivity index (χ1n) is 12.1. The number of fused-ring (bicyclic) bond motifs is 1. The highest BCUT2D eigenvalue weighted by Crippen LogP contribution is 2.23. The van der Waals surface area contributed by atoms with Gasteiger partial charge in [-0.2, -0.15) is 4.98 Å². The van der Waals surface area contributed by atoms with Crippen LogP contribution in [0, 0.1) is 11.8 Å². The molecule has 33 heavy (non-hydrogen) atoms. The molecule has 2 aromatic heterocycles. The number of benzene rings is 1. The Labute approximate surface area is 198 Å². The van der Waals surface area contributed by atoms with Crippen molar-refractivity contribution in [2.75, 3.05) is 30.3 Å². The molecule has 1 aliphatic heterocycles. The van der Waals surface area contributed by atoms with Crippen LogP contribution >= 0.6 is 0 Å². The Kier molecular flexibility index (Phi) is 7.28. The lowest BCUT2D eigenvalue weighted by molar-refractivity contribution is 0.234. The number of imidazole rings is 1. The van der Waals surface area contributed by atoms with E-state index in [2.05, 4.69) is 78.0 Å². The van der Waals surface area contributed by atoms with Gasteiger partial charge in [-0.3, -0.25) is 9.47 Å². The van der Waals surface area contributed by atoms with Crippen LogP contribution in [-0.2, 0) is 0 Å². The molecule has 4 rings (SSSR count). The molecule has 3 aromatic rings. The van der Waals surface area contributed by atoms with Crippen molar-refractivity contribution in [2.24, 2.45) is 11.8 Å². The van der Waals surface area contributed by atoms with Crippen LogP contribution in [0.3, 0.4) is 0 Å². The maximum absolute atomic E-state index is 4.71. The summed E-state index contributed by atoms with van der Waals surface area (Å²) in [5.41, 5.74) is 3.09. The molecule has 0 amide bonds. The third-order valence-electron chi connectivity index (χ3n) is 6.59. The van der Waals surface area contributed by atoms with Crippen molar-refractivity contribution < 1.29 is 1.43 Å². The number of anilines is 2. The minimum Gasteiger partial charge on any atom is -0.383 e. The molecule has 1 aliphatic rings. The van der Waals surface area contributed by atoms with E-state index < -0.39 is 0 Å². The third kappa shape index (κ3) is 5.53. The summed E-state index contributed by atoms with van der Waals surface area (Å²) in [5, 5.41) is 7.01. The van der Waals surface area contributed by atoms with Crippen LogP contribution in [0.1, 0.15) is 42.0 Å². The molecule has 0 radical (unpaired) electrons. The van der Waals surface area contributed by atoms with E-state index in [-0.39, 0.29) is 7.47 Å². The van der Waals surface area contributed by atoms with Gasteiger partial charge in [0.1, 0.15) is 12.1 Å². The molecular formula is C26H39N7. The Bertz CT molecular complexity index is 1080. The first kappa shape index (κ1) is 23.2. The number of nitrogens with one attached hydrogen (secondary N) is 2. The highest BCUT2D eigenvalue weighted by atomic mass is 15.2. The molecule has 3 heterocycles. The fraction of sp³-hybridized carbons (Fsp3) is 0.500. The molecule has 1 fully saturated rings. The summed E-state index contributed by atoms with van der Waals surface area (Å²) in [6, 6.07) is 9.09. The molecular weight excluding hydrogens is 410 g/mol. The van der Waals surface area contributed by atoms with Gasteiger partial charge in [-0.25, -0.2) is 9.97 Å². The quantitative estimate of drug-likeness (QED) is 0.414. The van der Waals surface area contributed by atoms with Gasteiger partial charge in [0.25, 0.3) is 0 Å². The van der Waals surface area contributed by atoms with Crippen LogP contribution in [-0.4, -0.2) is 56.1 Å². The van der Waals surface area contributed by atoms with Crippen molar-refractivity contribution in [3.05, 3.63) is 49.4 Å². The van der Waals surface area contributed by atoms with E-state index in [0.717, 1.165) is 29.1 Å². The summed E-state index contributed by atoms with van der Waals surface area (Å²) in [7, 11) is 0. The van der Waals surface area contributed by atoms with Crippen LogP contribution in [0.2, 0.25) is 0 Å². The first-order valence-corrected chi connectivity index (χ1v) is 12.1. The predicted molar refractivity (Wildman–Crippen MR) is 139 cm³/mol. The third-order valence-corrected chi connectivity index (χ3v) is 6.59. The second-order valence-corrected chi connectivity index (χ2v) is 9.65. The Balaban J connectivity index is 0.00000324. The highest BCUT2D eigenvalue weighted by Gasteiger charge is 2.24. The van der Waals surface area contributed by atoms with E-state index in [1.54, 1.807) is 6.20 Å². The Morgan fingerprint density at radius 2 is 2.06 bits per heavy atom. The number of likely N-dealkylation sites (tertiary alicyclic amines) is 1. The van der Waals surface area contributed by atoms with Crippen LogP contribution in [0.4, 0.5) is 11.6 Å². The molecule has 0 saturated carbocycles. The van der Waals surface area contributed by atoms with Crippen LogP contribution < -0.4 is 10.6 Å². The van der Waals surface area contributed by atoms with Crippen molar-refractivity contribution in [1.29, 1.82) is 0 Å². The summed E-state index contributed by atoms with van der Waals surface area (Å²) in [6.45, 7) is 16.1. The van der Waals surface area contributed by atoms with Crippen molar-refractivity contribution >= 4 is 22.7 Å². The van der Waals surface area contributed by atoms with Gasteiger partial charge in [-0.05, 0) is 62.4 Å². The van der Waals surface area contributed by atoms with Crippen molar-refractivity contribution in [3.63, 3.8) is 0 Å². The molecule has 178 valence electrons. The number of aromatic nitrogens is 4. The molecule has 2 unspecified atom stereocenters. The molecule has 7 nitrogen and oxygen atoms in total. The van der Waals surface area contributed by atoms with E-state index in [1.165, 1.54) is 25.9 Å². The van der Waals surface area contributed by atoms with Gasteiger partial charge < -0.3 is 10.6 Å².